The number of benzene rings is 1. The Bertz CT molecular complexity index is 513. The van der Waals surface area contributed by atoms with Crippen molar-refractivity contribution in [2.45, 2.75) is 23.8 Å². The summed E-state index contributed by atoms with van der Waals surface area (Å²) in [7, 11) is -3.58. The molecule has 4 nitrogen and oxygen atoms in total. The van der Waals surface area contributed by atoms with Gasteiger partial charge in [0.15, 0.2) is 0 Å². The molecular weight excluding hydrogens is 375 g/mol. The van der Waals surface area contributed by atoms with Gasteiger partial charge in [0.1, 0.15) is 4.90 Å². The van der Waals surface area contributed by atoms with Gasteiger partial charge in [-0.3, -0.25) is 0 Å². The van der Waals surface area contributed by atoms with Gasteiger partial charge in [-0.05, 0) is 54.0 Å². The lowest BCUT2D eigenvalue weighted by atomic mass is 10.1. The summed E-state index contributed by atoms with van der Waals surface area (Å²) >= 11 is 9.20. The van der Waals surface area contributed by atoms with Crippen LogP contribution in [0.4, 0.5) is 0 Å². The second kappa shape index (κ2) is 7.24. The second-order valence-corrected chi connectivity index (χ2v) is 7.11. The molecule has 1 aromatic rings. The molecule has 2 rings (SSSR count). The Morgan fingerprint density at radius 1 is 1.32 bits per heavy atom. The molecular formula is C11H15BrCl2N2O2S. The molecule has 8 heteroatoms. The molecule has 1 aliphatic rings. The largest absolute Gasteiger partial charge is 0.317 e. The Morgan fingerprint density at radius 2 is 1.95 bits per heavy atom. The molecule has 2 N–H and O–H groups in total. The number of piperidine rings is 1. The van der Waals surface area contributed by atoms with Gasteiger partial charge in [0, 0.05) is 10.5 Å². The van der Waals surface area contributed by atoms with Gasteiger partial charge in [0.05, 0.1) is 5.02 Å². The number of hydrogen-bond donors (Lipinski definition) is 2. The first-order chi connectivity index (χ1) is 8.50. The summed E-state index contributed by atoms with van der Waals surface area (Å²) in [5.41, 5.74) is 0. The van der Waals surface area contributed by atoms with Gasteiger partial charge in [-0.2, -0.15) is 0 Å². The van der Waals surface area contributed by atoms with Crippen molar-refractivity contribution in [2.75, 3.05) is 13.1 Å². The fourth-order valence-electron chi connectivity index (χ4n) is 1.96. The van der Waals surface area contributed by atoms with E-state index < -0.39 is 10.0 Å². The van der Waals surface area contributed by atoms with Crippen LogP contribution in [0.3, 0.4) is 0 Å². The minimum absolute atomic E-state index is 0. The topological polar surface area (TPSA) is 58.2 Å². The first kappa shape index (κ1) is 17.2. The first-order valence-corrected chi connectivity index (χ1v) is 8.33. The quantitative estimate of drug-likeness (QED) is 0.835. The average Bonchev–Trinajstić information content (AvgIpc) is 2.28. The van der Waals surface area contributed by atoms with Crippen LogP contribution >= 0.6 is 39.9 Å². The van der Waals surface area contributed by atoms with Crippen molar-refractivity contribution in [1.29, 1.82) is 0 Å². The zero-order chi connectivity index (χ0) is 13.2. The van der Waals surface area contributed by atoms with Crippen LogP contribution in [0.2, 0.25) is 5.02 Å². The van der Waals surface area contributed by atoms with Crippen LogP contribution in [0.1, 0.15) is 12.8 Å². The third kappa shape index (κ3) is 4.31. The maximum absolute atomic E-state index is 12.3. The van der Waals surface area contributed by atoms with E-state index in [4.69, 9.17) is 11.6 Å². The van der Waals surface area contributed by atoms with E-state index in [0.717, 1.165) is 25.9 Å². The van der Waals surface area contributed by atoms with Crippen molar-refractivity contribution in [3.63, 3.8) is 0 Å². The van der Waals surface area contributed by atoms with E-state index in [9.17, 15) is 8.42 Å². The van der Waals surface area contributed by atoms with Crippen LogP contribution in [-0.4, -0.2) is 27.5 Å². The molecule has 0 bridgehead atoms. The smallest absolute Gasteiger partial charge is 0.243 e. The Labute approximate surface area is 132 Å². The molecule has 0 atom stereocenters. The van der Waals surface area contributed by atoms with Gasteiger partial charge in [-0.25, -0.2) is 13.1 Å². The van der Waals surface area contributed by atoms with E-state index >= 15 is 0 Å². The lowest BCUT2D eigenvalue weighted by molar-refractivity contribution is 0.427. The predicted molar refractivity (Wildman–Crippen MR) is 82.6 cm³/mol. The van der Waals surface area contributed by atoms with Gasteiger partial charge >= 0.3 is 0 Å². The Hall–Kier alpha value is 0.150. The van der Waals surface area contributed by atoms with Gasteiger partial charge in [0.25, 0.3) is 0 Å². The Morgan fingerprint density at radius 3 is 2.53 bits per heavy atom. The van der Waals surface area contributed by atoms with Crippen molar-refractivity contribution in [1.82, 2.24) is 10.0 Å². The highest BCUT2D eigenvalue weighted by atomic mass is 79.9. The molecule has 19 heavy (non-hydrogen) atoms. The molecule has 1 aliphatic heterocycles. The molecule has 1 aromatic carbocycles. The van der Waals surface area contributed by atoms with E-state index in [1.54, 1.807) is 18.2 Å². The molecule has 1 heterocycles. The average molecular weight is 390 g/mol. The third-order valence-corrected chi connectivity index (χ3v) is 5.82. The summed E-state index contributed by atoms with van der Waals surface area (Å²) in [5.74, 6) is 0. The molecule has 0 aromatic heterocycles. The molecule has 0 amide bonds. The van der Waals surface area contributed by atoms with Gasteiger partial charge in [-0.15, -0.1) is 12.4 Å². The van der Waals surface area contributed by atoms with Crippen LogP contribution in [0, 0.1) is 0 Å². The van der Waals surface area contributed by atoms with Crippen molar-refractivity contribution in [2.24, 2.45) is 0 Å². The second-order valence-electron chi connectivity index (χ2n) is 4.20. The monoisotopic (exact) mass is 388 g/mol. The van der Waals surface area contributed by atoms with Crippen molar-refractivity contribution >= 4 is 50.0 Å². The molecule has 1 fully saturated rings. The molecule has 0 unspecified atom stereocenters. The van der Waals surface area contributed by atoms with E-state index in [-0.39, 0.29) is 28.4 Å². The van der Waals surface area contributed by atoms with Crippen molar-refractivity contribution in [3.8, 4) is 0 Å². The fourth-order valence-corrected chi connectivity index (χ4v) is 5.00. The molecule has 0 spiro atoms. The zero-order valence-electron chi connectivity index (χ0n) is 10.0. The Balaban J connectivity index is 0.00000180. The highest BCUT2D eigenvalue weighted by molar-refractivity contribution is 9.10. The number of hydrogen-bond acceptors (Lipinski definition) is 3. The predicted octanol–water partition coefficient (Wildman–Crippen LogP) is 2.55. The van der Waals surface area contributed by atoms with Gasteiger partial charge in [-0.1, -0.05) is 17.7 Å². The van der Waals surface area contributed by atoms with E-state index in [0.29, 0.717) is 4.47 Å². The SMILES string of the molecule is Cl.O=S(=O)(NC1CCNCC1)c1c(Cl)cccc1Br. The normalized spacial score (nSPS) is 16.9. The van der Waals surface area contributed by atoms with Crippen LogP contribution in [0.25, 0.3) is 0 Å². The summed E-state index contributed by atoms with van der Waals surface area (Å²) in [6.07, 6.45) is 1.59. The van der Waals surface area contributed by atoms with Crippen LogP contribution in [0.5, 0.6) is 0 Å². The molecule has 0 saturated carbocycles. The van der Waals surface area contributed by atoms with Crippen LogP contribution in [-0.2, 0) is 10.0 Å². The summed E-state index contributed by atoms with van der Waals surface area (Å²) < 4.78 is 27.8. The minimum atomic E-state index is -3.58. The summed E-state index contributed by atoms with van der Waals surface area (Å²) in [4.78, 5) is 0.116. The fraction of sp³-hybridized carbons (Fsp3) is 0.455. The van der Waals surface area contributed by atoms with Gasteiger partial charge < -0.3 is 5.32 Å². The van der Waals surface area contributed by atoms with E-state index in [2.05, 4.69) is 26.0 Å². The number of sulfonamides is 1. The summed E-state index contributed by atoms with van der Waals surface area (Å²) in [6.45, 7) is 1.66. The number of halogens is 3. The molecule has 0 radical (unpaired) electrons. The highest BCUT2D eigenvalue weighted by Crippen LogP contribution is 2.29. The lowest BCUT2D eigenvalue weighted by Crippen LogP contribution is -2.42. The number of nitrogens with one attached hydrogen (secondary N) is 2. The molecule has 108 valence electrons. The van der Waals surface area contributed by atoms with E-state index in [1.165, 1.54) is 0 Å². The van der Waals surface area contributed by atoms with Crippen molar-refractivity contribution in [3.05, 3.63) is 27.7 Å². The van der Waals surface area contributed by atoms with Gasteiger partial charge in [0.2, 0.25) is 10.0 Å². The maximum Gasteiger partial charge on any atom is 0.243 e. The highest BCUT2D eigenvalue weighted by Gasteiger charge is 2.25. The van der Waals surface area contributed by atoms with Crippen molar-refractivity contribution < 1.29 is 8.42 Å². The maximum atomic E-state index is 12.3. The number of rotatable bonds is 3. The first-order valence-electron chi connectivity index (χ1n) is 5.68. The van der Waals surface area contributed by atoms with Crippen LogP contribution in [0.15, 0.2) is 27.6 Å². The Kier molecular flexibility index (Phi) is 6.56. The van der Waals surface area contributed by atoms with Crippen LogP contribution < -0.4 is 10.0 Å². The summed E-state index contributed by atoms with van der Waals surface area (Å²) in [5, 5.41) is 3.42. The standard InChI is InChI=1S/C11H14BrClN2O2S.ClH/c12-9-2-1-3-10(13)11(9)18(16,17)15-8-4-6-14-7-5-8;/h1-3,8,14-15H,4-7H2;1H. The summed E-state index contributed by atoms with van der Waals surface area (Å²) in [6, 6.07) is 4.92. The third-order valence-electron chi connectivity index (χ3n) is 2.85. The lowest BCUT2D eigenvalue weighted by Gasteiger charge is -2.24. The zero-order valence-corrected chi connectivity index (χ0v) is 14.0. The molecule has 0 aliphatic carbocycles. The van der Waals surface area contributed by atoms with E-state index in [1.807, 2.05) is 0 Å². The molecule has 1 saturated heterocycles. The minimum Gasteiger partial charge on any atom is -0.317 e.